The molecule has 2 saturated carbocycles. The van der Waals surface area contributed by atoms with Gasteiger partial charge in [-0.15, -0.1) is 46.4 Å². The lowest BCUT2D eigenvalue weighted by Crippen LogP contribution is -2.56. The van der Waals surface area contributed by atoms with Crippen molar-refractivity contribution in [2.45, 2.75) is 44.2 Å². The van der Waals surface area contributed by atoms with Crippen molar-refractivity contribution in [2.24, 2.45) is 23.7 Å². The Labute approximate surface area is 406 Å². The molecular formula is C50H36Cl4N6O8. The van der Waals surface area contributed by atoms with E-state index in [-0.39, 0.29) is 35.9 Å². The number of imide groups is 2. The fourth-order valence-electron chi connectivity index (χ4n) is 13.3. The van der Waals surface area contributed by atoms with Gasteiger partial charge in [-0.3, -0.25) is 29.0 Å². The minimum atomic E-state index is -1.90. The van der Waals surface area contributed by atoms with Gasteiger partial charge in [-0.25, -0.2) is 19.9 Å². The van der Waals surface area contributed by atoms with E-state index in [4.69, 9.17) is 85.3 Å². The van der Waals surface area contributed by atoms with Crippen LogP contribution in [0.2, 0.25) is 0 Å². The zero-order chi connectivity index (χ0) is 47.2. The van der Waals surface area contributed by atoms with Crippen molar-refractivity contribution in [3.05, 3.63) is 131 Å². The Bertz CT molecular complexity index is 3080. The monoisotopic (exact) mass is 988 g/mol. The predicted molar refractivity (Wildman–Crippen MR) is 249 cm³/mol. The summed E-state index contributed by atoms with van der Waals surface area (Å²) >= 11 is 30.8. The molecule has 8 atom stereocenters. The normalized spacial score (nSPS) is 31.2. The van der Waals surface area contributed by atoms with Crippen LogP contribution in [0.25, 0.3) is 43.6 Å². The number of alkyl halides is 4. The van der Waals surface area contributed by atoms with Gasteiger partial charge < -0.3 is 18.9 Å². The maximum atomic E-state index is 15.1. The van der Waals surface area contributed by atoms with Gasteiger partial charge in [0.25, 0.3) is 0 Å². The van der Waals surface area contributed by atoms with Crippen LogP contribution in [-0.2, 0) is 70.7 Å². The summed E-state index contributed by atoms with van der Waals surface area (Å²) in [4.78, 5) is 74.9. The van der Waals surface area contributed by atoms with Gasteiger partial charge in [-0.1, -0.05) is 72.8 Å². The topological polar surface area (TPSA) is 163 Å². The number of rotatable bonds is 8. The number of amides is 4. The molecule has 14 nitrogen and oxygen atoms in total. The number of benzene rings is 5. The molecule has 342 valence electrons. The van der Waals surface area contributed by atoms with Crippen molar-refractivity contribution in [3.63, 3.8) is 0 Å². The van der Waals surface area contributed by atoms with E-state index in [1.165, 1.54) is 38.2 Å². The van der Waals surface area contributed by atoms with E-state index in [1.54, 1.807) is 24.3 Å². The SMILES string of the molecule is COC1(OC)C2(Cl)c3nc4ccccc4nc3C1(Cl)C1C(=O)N(Cc3c4ccccc4c(CN4C(=O)C5C(C4=O)C4(Cl)c6nc7ccccc7nc6C5(Cl)C4(OC)OC)c4ccccc34)C(=O)C12. The molecule has 2 saturated heterocycles. The molecule has 0 radical (unpaired) electrons. The van der Waals surface area contributed by atoms with E-state index in [2.05, 4.69) is 0 Å². The molecule has 6 aliphatic rings. The van der Waals surface area contributed by atoms with Gasteiger partial charge in [0.05, 0.1) is 81.6 Å². The van der Waals surface area contributed by atoms with Gasteiger partial charge in [0.15, 0.2) is 19.5 Å². The molecular weight excluding hydrogens is 954 g/mol. The molecule has 4 amide bonds. The van der Waals surface area contributed by atoms with E-state index < -0.39 is 78.4 Å². The summed E-state index contributed by atoms with van der Waals surface area (Å²) in [6.07, 6.45) is 0. The number of nitrogens with zero attached hydrogens (tertiary/aromatic N) is 6. The molecule has 4 aliphatic carbocycles. The largest absolute Gasteiger partial charge is 0.349 e. The van der Waals surface area contributed by atoms with E-state index in [9.17, 15) is 0 Å². The first-order chi connectivity index (χ1) is 32.7. The number of fused-ring (bicyclic) bond motifs is 20. The fourth-order valence-corrected chi connectivity index (χ4v) is 16.0. The van der Waals surface area contributed by atoms with Crippen LogP contribution >= 0.6 is 46.4 Å². The highest BCUT2D eigenvalue weighted by molar-refractivity contribution is 6.37. The van der Waals surface area contributed by atoms with Gasteiger partial charge in [0.1, 0.15) is 0 Å². The second kappa shape index (κ2) is 13.7. The Morgan fingerprint density at radius 1 is 0.412 bits per heavy atom. The molecule has 18 heteroatoms. The third-order valence-corrected chi connectivity index (χ3v) is 18.5. The Hall–Kier alpha value is -5.42. The maximum absolute atomic E-state index is 15.1. The molecule has 5 aromatic carbocycles. The number of carbonyl (C=O) groups excluding carboxylic acids is 4. The first-order valence-corrected chi connectivity index (χ1v) is 23.3. The molecule has 7 aromatic rings. The predicted octanol–water partition coefficient (Wildman–Crippen LogP) is 7.25. The maximum Gasteiger partial charge on any atom is 0.235 e. The molecule has 2 aromatic heterocycles. The Morgan fingerprint density at radius 2 is 0.632 bits per heavy atom. The minimum absolute atomic E-state index is 0.171. The first-order valence-electron chi connectivity index (χ1n) is 21.8. The van der Waals surface area contributed by atoms with Crippen LogP contribution in [0.15, 0.2) is 97.1 Å². The zero-order valence-electron chi connectivity index (χ0n) is 36.4. The molecule has 0 spiro atoms. The highest BCUT2D eigenvalue weighted by Gasteiger charge is 2.92. The van der Waals surface area contributed by atoms with Crippen molar-refractivity contribution in [2.75, 3.05) is 28.4 Å². The van der Waals surface area contributed by atoms with E-state index in [0.29, 0.717) is 54.7 Å². The average Bonchev–Trinajstić information content (AvgIpc) is 4.00. The van der Waals surface area contributed by atoms with Gasteiger partial charge in [-0.2, -0.15) is 0 Å². The molecule has 13 rings (SSSR count). The lowest BCUT2D eigenvalue weighted by molar-refractivity contribution is -0.239. The highest BCUT2D eigenvalue weighted by atomic mass is 35.5. The van der Waals surface area contributed by atoms with Crippen LogP contribution in [0.1, 0.15) is 33.9 Å². The number of para-hydroxylation sites is 4. The van der Waals surface area contributed by atoms with Crippen LogP contribution in [0.3, 0.4) is 0 Å². The number of hydrogen-bond donors (Lipinski definition) is 0. The molecule has 4 heterocycles. The van der Waals surface area contributed by atoms with Gasteiger partial charge in [0.2, 0.25) is 35.2 Å². The van der Waals surface area contributed by atoms with Crippen LogP contribution < -0.4 is 0 Å². The first kappa shape index (κ1) is 42.7. The number of carbonyl (C=O) groups is 4. The van der Waals surface area contributed by atoms with Crippen molar-refractivity contribution >= 4 is 114 Å². The summed E-state index contributed by atoms with van der Waals surface area (Å²) in [5.41, 5.74) is 4.21. The number of hydrogen-bond acceptors (Lipinski definition) is 12. The third kappa shape index (κ3) is 4.34. The Balaban J connectivity index is 0.911. The number of halogens is 4. The van der Waals surface area contributed by atoms with E-state index >= 15 is 19.2 Å². The number of ether oxygens (including phenoxy) is 4. The summed E-state index contributed by atoms with van der Waals surface area (Å²) in [5.74, 6) is -11.1. The minimum Gasteiger partial charge on any atom is -0.349 e. The number of methoxy groups -OCH3 is 4. The number of likely N-dealkylation sites (tertiary alicyclic amines) is 2. The quantitative estimate of drug-likeness (QED) is 0.0650. The molecule has 8 unspecified atom stereocenters. The highest BCUT2D eigenvalue weighted by Crippen LogP contribution is 2.78. The molecule has 0 N–H and O–H groups in total. The third-order valence-electron chi connectivity index (χ3n) is 15.9. The van der Waals surface area contributed by atoms with Crippen LogP contribution in [-0.4, -0.2) is 93.4 Å². The molecule has 2 aliphatic heterocycles. The van der Waals surface area contributed by atoms with Crippen molar-refractivity contribution < 1.29 is 38.1 Å². The van der Waals surface area contributed by atoms with Gasteiger partial charge in [-0.05, 0) is 56.9 Å². The smallest absolute Gasteiger partial charge is 0.235 e. The van der Waals surface area contributed by atoms with E-state index in [1.807, 2.05) is 72.8 Å². The van der Waals surface area contributed by atoms with Crippen LogP contribution in [0.5, 0.6) is 0 Å². The molecule has 4 bridgehead atoms. The average molecular weight is 991 g/mol. The second-order valence-corrected chi connectivity index (χ2v) is 20.6. The Kier molecular flexibility index (Phi) is 8.58. The van der Waals surface area contributed by atoms with Crippen molar-refractivity contribution in [1.82, 2.24) is 29.7 Å². The van der Waals surface area contributed by atoms with Gasteiger partial charge >= 0.3 is 0 Å². The molecule has 68 heavy (non-hydrogen) atoms. The molecule has 4 fully saturated rings. The summed E-state index contributed by atoms with van der Waals surface area (Å²) < 4.78 is 24.3. The number of aromatic nitrogens is 4. The summed E-state index contributed by atoms with van der Waals surface area (Å²) in [6, 6.07) is 29.3. The van der Waals surface area contributed by atoms with Gasteiger partial charge in [0, 0.05) is 28.4 Å². The second-order valence-electron chi connectivity index (χ2n) is 18.2. The van der Waals surface area contributed by atoms with Crippen LogP contribution in [0, 0.1) is 23.7 Å². The zero-order valence-corrected chi connectivity index (χ0v) is 39.4. The standard InChI is InChI=1S/C50H36Cl4N6O8/c1-65-49(66-2)45(51)33-34(46(49,52)38-37(45)55-29-17-9-10-18-30(29)56-38)42(62)59(41(33)61)21-27-23-13-5-7-15-25(23)28(26-16-8-6-14-24(26)27)22-60-43(63)35-36(44(60)64)48(54)40-39(47(35,53)50(48,67-3)68-4)57-31-19-11-12-20-32(31)58-40/h5-20,33-36H,21-22H2,1-4H3. The Morgan fingerprint density at radius 3 is 0.853 bits per heavy atom. The summed E-state index contributed by atoms with van der Waals surface area (Å²) in [7, 11) is 5.50. The van der Waals surface area contributed by atoms with Crippen molar-refractivity contribution in [3.8, 4) is 0 Å². The summed E-state index contributed by atoms with van der Waals surface area (Å²) in [5, 5.41) is 2.71. The van der Waals surface area contributed by atoms with Crippen LogP contribution in [0.4, 0.5) is 0 Å². The lowest BCUT2D eigenvalue weighted by atomic mass is 9.80. The van der Waals surface area contributed by atoms with E-state index in [0.717, 1.165) is 0 Å². The summed E-state index contributed by atoms with van der Waals surface area (Å²) in [6.45, 7) is -0.341. The lowest BCUT2D eigenvalue weighted by Gasteiger charge is -2.41. The van der Waals surface area contributed by atoms with Crippen molar-refractivity contribution in [1.29, 1.82) is 0 Å². The fraction of sp³-hybridized carbons (Fsp3) is 0.320.